The van der Waals surface area contributed by atoms with Crippen LogP contribution in [0.15, 0.2) is 29.3 Å². The topological polar surface area (TPSA) is 88.1 Å². The second-order valence-electron chi connectivity index (χ2n) is 8.38. The first-order chi connectivity index (χ1) is 14.4. The van der Waals surface area contributed by atoms with Crippen LogP contribution in [-0.2, 0) is 14.4 Å². The quantitative estimate of drug-likeness (QED) is 0.703. The molecule has 0 spiro atoms. The zero-order chi connectivity index (χ0) is 21.3. The Kier molecular flexibility index (Phi) is 6.13. The van der Waals surface area contributed by atoms with Crippen LogP contribution in [0.5, 0.6) is 5.75 Å². The third kappa shape index (κ3) is 4.38. The number of fused-ring (bicyclic) bond motifs is 2. The summed E-state index contributed by atoms with van der Waals surface area (Å²) in [7, 11) is 1.57. The van der Waals surface area contributed by atoms with Crippen molar-refractivity contribution in [2.45, 2.75) is 45.1 Å². The third-order valence-electron chi connectivity index (χ3n) is 6.45. The normalized spacial score (nSPS) is 26.5. The number of rotatable bonds is 6. The Hall–Kier alpha value is -2.35. The van der Waals surface area contributed by atoms with E-state index in [4.69, 9.17) is 4.74 Å². The molecule has 1 heterocycles. The van der Waals surface area contributed by atoms with Crippen LogP contribution in [0.3, 0.4) is 0 Å². The van der Waals surface area contributed by atoms with Crippen LogP contribution in [0.1, 0.15) is 39.0 Å². The monoisotopic (exact) mass is 429 g/mol. The zero-order valence-electron chi connectivity index (χ0n) is 17.3. The standard InChI is InChI=1S/C22H27N3O4S/c1-13(18-10-14-3-4-15(18)9-14)23-20(27)12-30-22-24-19(26)11-21(28)25(22)16-5-7-17(29-2)8-6-16/h5-8,13-15,18H,3-4,9-12H2,1-2H3,(H,23,27)/t13-,14-,15-,18-/m0/s1. The molecule has 2 bridgehead atoms. The largest absolute Gasteiger partial charge is 0.497 e. The minimum absolute atomic E-state index is 0.0990. The maximum atomic E-state index is 12.6. The minimum Gasteiger partial charge on any atom is -0.497 e. The molecule has 8 heteroatoms. The number of carbonyl (C=O) groups is 3. The average molecular weight is 430 g/mol. The third-order valence-corrected chi connectivity index (χ3v) is 7.39. The fourth-order valence-corrected chi connectivity index (χ4v) is 5.88. The van der Waals surface area contributed by atoms with Crippen LogP contribution in [0.25, 0.3) is 0 Å². The van der Waals surface area contributed by atoms with E-state index in [2.05, 4.69) is 17.2 Å². The molecule has 3 amide bonds. The highest BCUT2D eigenvalue weighted by Gasteiger charge is 2.42. The average Bonchev–Trinajstić information content (AvgIpc) is 3.36. The van der Waals surface area contributed by atoms with Gasteiger partial charge in [-0.05, 0) is 68.2 Å². The molecular formula is C22H27N3O4S. The lowest BCUT2D eigenvalue weighted by Gasteiger charge is -2.29. The number of amidine groups is 1. The number of benzene rings is 1. The number of nitrogens with zero attached hydrogens (tertiary/aromatic N) is 2. The maximum Gasteiger partial charge on any atom is 0.257 e. The number of thioether (sulfide) groups is 1. The van der Waals surface area contributed by atoms with Gasteiger partial charge in [0, 0.05) is 6.04 Å². The van der Waals surface area contributed by atoms with Gasteiger partial charge in [0.15, 0.2) is 5.17 Å². The summed E-state index contributed by atoms with van der Waals surface area (Å²) in [6, 6.07) is 7.10. The zero-order valence-corrected chi connectivity index (χ0v) is 18.1. The van der Waals surface area contributed by atoms with Crippen molar-refractivity contribution in [3.8, 4) is 5.75 Å². The van der Waals surface area contributed by atoms with Gasteiger partial charge in [-0.1, -0.05) is 18.2 Å². The number of hydrogen-bond acceptors (Lipinski definition) is 5. The Morgan fingerprint density at radius 1 is 1.27 bits per heavy atom. The van der Waals surface area contributed by atoms with Crippen molar-refractivity contribution in [1.82, 2.24) is 5.32 Å². The summed E-state index contributed by atoms with van der Waals surface area (Å²) >= 11 is 1.12. The predicted octanol–water partition coefficient (Wildman–Crippen LogP) is 2.99. The van der Waals surface area contributed by atoms with E-state index < -0.39 is 5.91 Å². The second-order valence-corrected chi connectivity index (χ2v) is 9.32. The van der Waals surface area contributed by atoms with Crippen molar-refractivity contribution in [3.05, 3.63) is 24.3 Å². The summed E-state index contributed by atoms with van der Waals surface area (Å²) in [6.45, 7) is 2.09. The van der Waals surface area contributed by atoms with Crippen molar-refractivity contribution in [3.63, 3.8) is 0 Å². The molecule has 2 fully saturated rings. The Bertz CT molecular complexity index is 870. The molecule has 3 aliphatic rings. The first kappa shape index (κ1) is 20.9. The Morgan fingerprint density at radius 2 is 2.03 bits per heavy atom. The van der Waals surface area contributed by atoms with Crippen LogP contribution in [0, 0.1) is 17.8 Å². The van der Waals surface area contributed by atoms with E-state index in [1.54, 1.807) is 31.4 Å². The summed E-state index contributed by atoms with van der Waals surface area (Å²) in [5, 5.41) is 3.36. The molecule has 1 aliphatic heterocycles. The van der Waals surface area contributed by atoms with Gasteiger partial charge >= 0.3 is 0 Å². The fraction of sp³-hybridized carbons (Fsp3) is 0.545. The van der Waals surface area contributed by atoms with Gasteiger partial charge in [0.25, 0.3) is 5.91 Å². The van der Waals surface area contributed by atoms with Crippen LogP contribution in [0.2, 0.25) is 0 Å². The highest BCUT2D eigenvalue weighted by atomic mass is 32.2. The van der Waals surface area contributed by atoms with Gasteiger partial charge < -0.3 is 10.1 Å². The molecule has 1 N–H and O–H groups in total. The van der Waals surface area contributed by atoms with Crippen molar-refractivity contribution in [2.75, 3.05) is 17.8 Å². The van der Waals surface area contributed by atoms with Gasteiger partial charge in [-0.2, -0.15) is 4.99 Å². The van der Waals surface area contributed by atoms with Gasteiger partial charge in [-0.3, -0.25) is 19.3 Å². The number of nitrogens with one attached hydrogen (secondary N) is 1. The molecule has 7 nitrogen and oxygen atoms in total. The number of ether oxygens (including phenoxy) is 1. The number of methoxy groups -OCH3 is 1. The first-order valence-electron chi connectivity index (χ1n) is 10.4. The highest BCUT2D eigenvalue weighted by Crippen LogP contribution is 2.49. The van der Waals surface area contributed by atoms with Crippen molar-refractivity contribution in [2.24, 2.45) is 22.7 Å². The van der Waals surface area contributed by atoms with E-state index in [0.29, 0.717) is 17.4 Å². The number of hydrogen-bond donors (Lipinski definition) is 1. The molecule has 30 heavy (non-hydrogen) atoms. The summed E-state index contributed by atoms with van der Waals surface area (Å²) in [4.78, 5) is 42.4. The van der Waals surface area contributed by atoms with Crippen LogP contribution < -0.4 is 15.0 Å². The number of carbonyl (C=O) groups excluding carboxylic acids is 3. The second kappa shape index (κ2) is 8.79. The molecular weight excluding hydrogens is 402 g/mol. The van der Waals surface area contributed by atoms with E-state index >= 15 is 0 Å². The van der Waals surface area contributed by atoms with Gasteiger partial charge in [-0.15, -0.1) is 0 Å². The highest BCUT2D eigenvalue weighted by molar-refractivity contribution is 8.14. The number of amides is 3. The Morgan fingerprint density at radius 3 is 2.67 bits per heavy atom. The van der Waals surface area contributed by atoms with E-state index in [-0.39, 0.29) is 35.2 Å². The van der Waals surface area contributed by atoms with Gasteiger partial charge in [-0.25, -0.2) is 0 Å². The number of aliphatic imine (C=N–C) groups is 1. The van der Waals surface area contributed by atoms with Crippen LogP contribution >= 0.6 is 11.8 Å². The molecule has 1 aromatic rings. The summed E-state index contributed by atoms with van der Waals surface area (Å²) in [6.07, 6.45) is 4.85. The summed E-state index contributed by atoms with van der Waals surface area (Å²) < 4.78 is 5.16. The Balaban J connectivity index is 1.38. The van der Waals surface area contributed by atoms with E-state index in [1.165, 1.54) is 30.6 Å². The van der Waals surface area contributed by atoms with E-state index in [9.17, 15) is 14.4 Å². The smallest absolute Gasteiger partial charge is 0.257 e. The van der Waals surface area contributed by atoms with Crippen LogP contribution in [-0.4, -0.2) is 41.8 Å². The molecule has 2 saturated carbocycles. The molecule has 0 saturated heterocycles. The molecule has 2 aliphatic carbocycles. The lowest BCUT2D eigenvalue weighted by Crippen LogP contribution is -2.43. The van der Waals surface area contributed by atoms with Gasteiger partial charge in [0.1, 0.15) is 12.2 Å². The van der Waals surface area contributed by atoms with E-state index in [0.717, 1.165) is 23.6 Å². The molecule has 0 aromatic heterocycles. The SMILES string of the molecule is COc1ccc(N2C(=O)CC(=O)N=C2SCC(=O)N[C@@H](C)[C@@H]2C[C@H]3CC[C@H]2C3)cc1. The molecule has 4 atom stereocenters. The van der Waals surface area contributed by atoms with Gasteiger partial charge in [0.2, 0.25) is 11.8 Å². The summed E-state index contributed by atoms with van der Waals surface area (Å²) in [5.74, 6) is 1.97. The minimum atomic E-state index is -0.483. The Labute approximate surface area is 180 Å². The molecule has 0 radical (unpaired) electrons. The molecule has 160 valence electrons. The summed E-state index contributed by atoms with van der Waals surface area (Å²) in [5.41, 5.74) is 0.593. The molecule has 4 rings (SSSR count). The van der Waals surface area contributed by atoms with Crippen molar-refractivity contribution >= 4 is 40.3 Å². The lowest BCUT2D eigenvalue weighted by molar-refractivity contribution is -0.126. The molecule has 1 aromatic carbocycles. The van der Waals surface area contributed by atoms with Crippen LogP contribution in [0.4, 0.5) is 5.69 Å². The predicted molar refractivity (Wildman–Crippen MR) is 117 cm³/mol. The van der Waals surface area contributed by atoms with Crippen molar-refractivity contribution < 1.29 is 19.1 Å². The lowest BCUT2D eigenvalue weighted by atomic mass is 9.84. The fourth-order valence-electron chi connectivity index (χ4n) is 5.03. The van der Waals surface area contributed by atoms with E-state index in [1.807, 2.05) is 0 Å². The maximum absolute atomic E-state index is 12.6. The van der Waals surface area contributed by atoms with Crippen molar-refractivity contribution in [1.29, 1.82) is 0 Å². The number of anilines is 1. The first-order valence-corrected chi connectivity index (χ1v) is 11.4. The van der Waals surface area contributed by atoms with Gasteiger partial charge in [0.05, 0.1) is 18.6 Å². The molecule has 0 unspecified atom stereocenters.